The van der Waals surface area contributed by atoms with E-state index in [9.17, 15) is 0 Å². The molecule has 0 aromatic heterocycles. The second-order valence-electron chi connectivity index (χ2n) is 0.412. The van der Waals surface area contributed by atoms with Gasteiger partial charge in [0, 0.05) is 36.9 Å². The summed E-state index contributed by atoms with van der Waals surface area (Å²) in [6.45, 7) is 0. The molecule has 0 bridgehead atoms. The van der Waals surface area contributed by atoms with Crippen molar-refractivity contribution in [2.75, 3.05) is 0 Å². The van der Waals surface area contributed by atoms with Crippen LogP contribution in [0.5, 0.6) is 0 Å². The Morgan fingerprint density at radius 3 is 1.50 bits per heavy atom. The molecule has 1 N–H and O–H groups in total. The molecule has 0 atom stereocenters. The van der Waals surface area contributed by atoms with Gasteiger partial charge in [-0.1, -0.05) is 0 Å². The maximum absolute atomic E-state index is 8.95. The number of halogens is 1. The van der Waals surface area contributed by atoms with Crippen LogP contribution in [0, 0.1) is 0 Å². The minimum atomic E-state index is -4.19. The van der Waals surface area contributed by atoms with Gasteiger partial charge in [-0.2, -0.15) is 8.42 Å². The third-order valence-corrected chi connectivity index (χ3v) is 0. The van der Waals surface area contributed by atoms with Crippen molar-refractivity contribution >= 4 is 46.2 Å². The summed E-state index contributed by atoms with van der Waals surface area (Å²) in [5.41, 5.74) is 0. The molecule has 0 aromatic carbocycles. The standard InChI is InChI=1S/Bi.ClHO3S/c;1-5(2,3)4/h;(H,2,3,4). The van der Waals surface area contributed by atoms with E-state index in [-0.39, 0.29) is 26.2 Å². The van der Waals surface area contributed by atoms with Crippen molar-refractivity contribution in [3.05, 3.63) is 0 Å². The van der Waals surface area contributed by atoms with Gasteiger partial charge < -0.3 is 0 Å². The molecule has 6 heteroatoms. The molecule has 0 unspecified atom stereocenters. The summed E-state index contributed by atoms with van der Waals surface area (Å²) < 4.78 is 25.2. The molecule has 0 saturated carbocycles. The first-order valence-electron chi connectivity index (χ1n) is 0.670. The van der Waals surface area contributed by atoms with Gasteiger partial charge in [-0.25, -0.2) is 0 Å². The minimum Gasteiger partial charge on any atom is -0.273 e. The molecular weight excluding hydrogens is 324 g/mol. The fourth-order valence-corrected chi connectivity index (χ4v) is 0. The predicted octanol–water partition coefficient (Wildman–Crippen LogP) is -0.353. The Kier molecular flexibility index (Phi) is 5.30. The summed E-state index contributed by atoms with van der Waals surface area (Å²) in [5.74, 6) is 0. The Labute approximate surface area is 59.1 Å². The van der Waals surface area contributed by atoms with E-state index in [0.29, 0.717) is 0 Å². The third kappa shape index (κ3) is 72.2. The molecule has 0 aliphatic heterocycles. The first kappa shape index (κ1) is 10.1. The van der Waals surface area contributed by atoms with Crippen LogP contribution in [0.4, 0.5) is 0 Å². The molecular formula is HBiClO3S. The number of hydrogen-bond acceptors (Lipinski definition) is 2. The summed E-state index contributed by atoms with van der Waals surface area (Å²) >= 11 is 0. The van der Waals surface area contributed by atoms with E-state index in [2.05, 4.69) is 10.7 Å². The van der Waals surface area contributed by atoms with Gasteiger partial charge in [0.1, 0.15) is 0 Å². The maximum Gasteiger partial charge on any atom is 0.353 e. The second kappa shape index (κ2) is 3.13. The van der Waals surface area contributed by atoms with Crippen LogP contribution in [0.2, 0.25) is 0 Å². The van der Waals surface area contributed by atoms with Crippen LogP contribution in [-0.4, -0.2) is 39.2 Å². The van der Waals surface area contributed by atoms with Crippen molar-refractivity contribution in [2.24, 2.45) is 0 Å². The van der Waals surface area contributed by atoms with Gasteiger partial charge in [0.05, 0.1) is 0 Å². The molecule has 0 fully saturated rings. The minimum absolute atomic E-state index is 0. The van der Waals surface area contributed by atoms with Crippen LogP contribution in [-0.2, 0) is 9.33 Å². The van der Waals surface area contributed by atoms with Crippen molar-refractivity contribution in [3.63, 3.8) is 0 Å². The molecule has 0 amide bonds. The molecule has 0 saturated heterocycles. The molecule has 3 radical (unpaired) electrons. The smallest absolute Gasteiger partial charge is 0.273 e. The van der Waals surface area contributed by atoms with Crippen molar-refractivity contribution in [2.45, 2.75) is 0 Å². The third-order valence-electron chi connectivity index (χ3n) is 0. The van der Waals surface area contributed by atoms with Gasteiger partial charge >= 0.3 is 9.33 Å². The van der Waals surface area contributed by atoms with E-state index >= 15 is 0 Å². The topological polar surface area (TPSA) is 54.4 Å². The Morgan fingerprint density at radius 1 is 1.50 bits per heavy atom. The van der Waals surface area contributed by atoms with Crippen molar-refractivity contribution in [3.8, 4) is 0 Å². The van der Waals surface area contributed by atoms with Crippen LogP contribution in [0.25, 0.3) is 0 Å². The molecule has 0 spiro atoms. The zero-order valence-corrected chi connectivity index (χ0v) is 7.55. The van der Waals surface area contributed by atoms with Crippen LogP contribution in [0.1, 0.15) is 0 Å². The largest absolute Gasteiger partial charge is 0.353 e. The van der Waals surface area contributed by atoms with Gasteiger partial charge in [-0.15, -0.1) is 0 Å². The van der Waals surface area contributed by atoms with E-state index in [1.165, 1.54) is 0 Å². The Balaban J connectivity index is 0. The van der Waals surface area contributed by atoms with Crippen LogP contribution < -0.4 is 0 Å². The summed E-state index contributed by atoms with van der Waals surface area (Å²) in [7, 11) is -0.137. The Bertz CT molecular complexity index is 94.0. The maximum atomic E-state index is 8.95. The predicted molar refractivity (Wildman–Crippen MR) is 23.2 cm³/mol. The quantitative estimate of drug-likeness (QED) is 0.376. The zero-order chi connectivity index (χ0) is 4.50. The van der Waals surface area contributed by atoms with Crippen molar-refractivity contribution in [1.82, 2.24) is 0 Å². The van der Waals surface area contributed by atoms with Crippen LogP contribution in [0.3, 0.4) is 0 Å². The summed E-state index contributed by atoms with van der Waals surface area (Å²) in [5, 5.41) is 0. The molecule has 3 nitrogen and oxygen atoms in total. The van der Waals surface area contributed by atoms with E-state index < -0.39 is 9.33 Å². The average molecular weight is 326 g/mol. The van der Waals surface area contributed by atoms with E-state index in [4.69, 9.17) is 13.0 Å². The van der Waals surface area contributed by atoms with Crippen molar-refractivity contribution < 1.29 is 13.0 Å². The van der Waals surface area contributed by atoms with Gasteiger partial charge in [0.2, 0.25) is 0 Å². The molecule has 0 rings (SSSR count). The van der Waals surface area contributed by atoms with Gasteiger partial charge in [0.25, 0.3) is 0 Å². The molecule has 0 aliphatic carbocycles. The first-order valence-corrected chi connectivity index (χ1v) is 2.94. The van der Waals surface area contributed by atoms with Gasteiger partial charge in [0.15, 0.2) is 0 Å². The first-order chi connectivity index (χ1) is 2.00. The van der Waals surface area contributed by atoms with Crippen LogP contribution in [0.15, 0.2) is 0 Å². The van der Waals surface area contributed by atoms with Crippen LogP contribution >= 0.6 is 10.7 Å². The fraction of sp³-hybridized carbons (Fsp3) is 0. The molecule has 0 aromatic rings. The number of rotatable bonds is 0. The fourth-order valence-electron chi connectivity index (χ4n) is 0. The van der Waals surface area contributed by atoms with E-state index in [0.717, 1.165) is 0 Å². The average Bonchev–Trinajstić information content (AvgIpc) is 0.722. The van der Waals surface area contributed by atoms with E-state index in [1.54, 1.807) is 0 Å². The Morgan fingerprint density at radius 2 is 1.50 bits per heavy atom. The normalized spacial score (nSPS) is 9.67. The molecule has 0 heterocycles. The monoisotopic (exact) mass is 325 g/mol. The number of hydrogen-bond donors (Lipinski definition) is 1. The summed E-state index contributed by atoms with van der Waals surface area (Å²) in [4.78, 5) is 0. The Hall–Kier alpha value is 1.08. The summed E-state index contributed by atoms with van der Waals surface area (Å²) in [6.07, 6.45) is 0. The molecule has 0 aliphatic rings. The van der Waals surface area contributed by atoms with Gasteiger partial charge in [-0.3, -0.25) is 4.55 Å². The van der Waals surface area contributed by atoms with E-state index in [1.807, 2.05) is 0 Å². The summed E-state index contributed by atoms with van der Waals surface area (Å²) in [6, 6.07) is 0. The van der Waals surface area contributed by atoms with Gasteiger partial charge in [-0.05, 0) is 0 Å². The molecule has 6 heavy (non-hydrogen) atoms. The zero-order valence-electron chi connectivity index (χ0n) is 2.50. The van der Waals surface area contributed by atoms with Crippen molar-refractivity contribution in [1.29, 1.82) is 0 Å². The SMILES string of the molecule is O=S(=O)(O)Cl.[Bi]. The molecule has 37 valence electrons. The second-order valence-corrected chi connectivity index (χ2v) is 2.41.